The Hall–Kier alpha value is -2.88. The third-order valence-electron chi connectivity index (χ3n) is 4.86. The molecule has 26 heavy (non-hydrogen) atoms. The van der Waals surface area contributed by atoms with Crippen LogP contribution in [0.1, 0.15) is 34.9 Å². The molecule has 0 N–H and O–H groups in total. The van der Waals surface area contributed by atoms with Gasteiger partial charge in [-0.25, -0.2) is 0 Å². The van der Waals surface area contributed by atoms with Gasteiger partial charge >= 0.3 is 0 Å². The number of furan rings is 1. The second kappa shape index (κ2) is 7.16. The lowest BCUT2D eigenvalue weighted by Crippen LogP contribution is -2.32. The number of aryl methyl sites for hydroxylation is 1. The highest BCUT2D eigenvalue weighted by atomic mass is 16.3. The van der Waals surface area contributed by atoms with E-state index in [1.807, 2.05) is 41.3 Å². The van der Waals surface area contributed by atoms with Gasteiger partial charge in [-0.2, -0.15) is 0 Å². The first-order valence-corrected chi connectivity index (χ1v) is 8.98. The number of nitrogens with zero attached hydrogens (tertiary/aromatic N) is 2. The minimum absolute atomic E-state index is 0.00896. The lowest BCUT2D eigenvalue weighted by atomic mass is 10.1. The fourth-order valence-electron chi connectivity index (χ4n) is 3.45. The van der Waals surface area contributed by atoms with Gasteiger partial charge in [0, 0.05) is 24.6 Å². The van der Waals surface area contributed by atoms with Crippen LogP contribution >= 0.6 is 0 Å². The molecule has 1 aromatic carbocycles. The summed E-state index contributed by atoms with van der Waals surface area (Å²) in [6.07, 6.45) is 4.31. The number of rotatable bonds is 6. The molecule has 3 aromatic rings. The van der Waals surface area contributed by atoms with E-state index >= 15 is 0 Å². The van der Waals surface area contributed by atoms with Crippen LogP contribution in [0.15, 0.2) is 71.5 Å². The molecule has 2 aromatic heterocycles. The summed E-state index contributed by atoms with van der Waals surface area (Å²) < 4.78 is 5.49. The van der Waals surface area contributed by atoms with Crippen LogP contribution in [0, 0.1) is 12.8 Å². The van der Waals surface area contributed by atoms with Crippen LogP contribution in [0.5, 0.6) is 0 Å². The van der Waals surface area contributed by atoms with Gasteiger partial charge in [-0.15, -0.1) is 0 Å². The predicted molar refractivity (Wildman–Crippen MR) is 99.2 cm³/mol. The molecule has 4 nitrogen and oxygen atoms in total. The second-order valence-corrected chi connectivity index (χ2v) is 6.97. The highest BCUT2D eigenvalue weighted by molar-refractivity contribution is 5.82. The molecule has 1 aliphatic rings. The molecule has 4 heteroatoms. The van der Waals surface area contributed by atoms with E-state index < -0.39 is 0 Å². The maximum Gasteiger partial charge on any atom is 0.227 e. The number of carbonyl (C=O) groups is 1. The number of amides is 1. The molecule has 0 bridgehead atoms. The summed E-state index contributed by atoms with van der Waals surface area (Å²) in [6.45, 7) is 3.19. The van der Waals surface area contributed by atoms with Crippen molar-refractivity contribution in [1.29, 1.82) is 0 Å². The molecular formula is C22H22N2O2. The molecule has 4 rings (SSSR count). The first-order valence-electron chi connectivity index (χ1n) is 8.98. The minimum Gasteiger partial charge on any atom is -0.469 e. The van der Waals surface area contributed by atoms with Crippen LogP contribution in [0.25, 0.3) is 0 Å². The van der Waals surface area contributed by atoms with Crippen molar-refractivity contribution in [3.05, 3.63) is 89.6 Å². The number of hydrogen-bond acceptors (Lipinski definition) is 3. The Kier molecular flexibility index (Phi) is 4.57. The average Bonchev–Trinajstić information content (AvgIpc) is 3.26. The van der Waals surface area contributed by atoms with E-state index in [0.717, 1.165) is 23.4 Å². The molecular weight excluding hydrogens is 324 g/mol. The smallest absolute Gasteiger partial charge is 0.227 e. The lowest BCUT2D eigenvalue weighted by molar-refractivity contribution is -0.134. The highest BCUT2D eigenvalue weighted by Gasteiger charge is 2.47. The van der Waals surface area contributed by atoms with Gasteiger partial charge in [-0.05, 0) is 43.2 Å². The van der Waals surface area contributed by atoms with Crippen molar-refractivity contribution < 1.29 is 9.21 Å². The van der Waals surface area contributed by atoms with Crippen molar-refractivity contribution in [2.75, 3.05) is 0 Å². The van der Waals surface area contributed by atoms with Gasteiger partial charge in [0.1, 0.15) is 5.76 Å². The molecule has 1 amide bonds. The molecule has 0 spiro atoms. The van der Waals surface area contributed by atoms with Gasteiger partial charge in [0.2, 0.25) is 5.91 Å². The van der Waals surface area contributed by atoms with E-state index in [0.29, 0.717) is 13.1 Å². The molecule has 132 valence electrons. The molecule has 0 radical (unpaired) electrons. The Bertz CT molecular complexity index is 874. The fourth-order valence-corrected chi connectivity index (χ4v) is 3.45. The number of benzene rings is 1. The van der Waals surface area contributed by atoms with E-state index in [1.165, 1.54) is 5.56 Å². The maximum atomic E-state index is 13.2. The molecule has 1 aliphatic carbocycles. The zero-order chi connectivity index (χ0) is 17.9. The van der Waals surface area contributed by atoms with Crippen LogP contribution in [0.4, 0.5) is 0 Å². The predicted octanol–water partition coefficient (Wildman–Crippen LogP) is 4.32. The van der Waals surface area contributed by atoms with Crippen LogP contribution < -0.4 is 0 Å². The summed E-state index contributed by atoms with van der Waals surface area (Å²) in [5.74, 6) is 1.31. The van der Waals surface area contributed by atoms with Gasteiger partial charge in [-0.3, -0.25) is 9.78 Å². The summed E-state index contributed by atoms with van der Waals surface area (Å²) in [6, 6.07) is 18.0. The largest absolute Gasteiger partial charge is 0.469 e. The normalized spacial score (nSPS) is 18.5. The van der Waals surface area contributed by atoms with Crippen molar-refractivity contribution >= 4 is 5.91 Å². The van der Waals surface area contributed by atoms with E-state index in [2.05, 4.69) is 30.1 Å². The molecule has 1 saturated carbocycles. The Labute approximate surface area is 153 Å². The summed E-state index contributed by atoms with van der Waals surface area (Å²) in [7, 11) is 0. The molecule has 0 aliphatic heterocycles. The third kappa shape index (κ3) is 3.69. The quantitative estimate of drug-likeness (QED) is 0.668. The summed E-state index contributed by atoms with van der Waals surface area (Å²) in [5.41, 5.74) is 3.25. The van der Waals surface area contributed by atoms with Crippen molar-refractivity contribution in [1.82, 2.24) is 9.88 Å². The first-order chi connectivity index (χ1) is 12.7. The average molecular weight is 346 g/mol. The van der Waals surface area contributed by atoms with Crippen molar-refractivity contribution in [3.8, 4) is 0 Å². The Morgan fingerprint density at radius 1 is 1.15 bits per heavy atom. The van der Waals surface area contributed by atoms with Gasteiger partial charge in [0.15, 0.2) is 0 Å². The Balaban J connectivity index is 1.53. The monoisotopic (exact) mass is 346 g/mol. The third-order valence-corrected chi connectivity index (χ3v) is 4.86. The van der Waals surface area contributed by atoms with Crippen LogP contribution in [0.2, 0.25) is 0 Å². The zero-order valence-electron chi connectivity index (χ0n) is 14.8. The Morgan fingerprint density at radius 2 is 2.08 bits per heavy atom. The SMILES string of the molecule is Cc1cccc(CN(Cc2ccccn2)C(=O)[C@H]2C[C@H]2c2ccco2)c1. The summed E-state index contributed by atoms with van der Waals surface area (Å²) in [4.78, 5) is 19.5. The Morgan fingerprint density at radius 3 is 2.81 bits per heavy atom. The van der Waals surface area contributed by atoms with Gasteiger partial charge in [0.25, 0.3) is 0 Å². The topological polar surface area (TPSA) is 46.3 Å². The molecule has 1 fully saturated rings. The molecule has 0 unspecified atom stereocenters. The van der Waals surface area contributed by atoms with Crippen LogP contribution in [-0.2, 0) is 17.9 Å². The standard InChI is InChI=1S/C22H22N2O2/c1-16-6-4-7-17(12-16)14-24(15-18-8-2-3-10-23-18)22(25)20-13-19(20)21-9-5-11-26-21/h2-12,19-20H,13-15H2,1H3/t19-,20+/m1/s1. The number of aromatic nitrogens is 1. The van der Waals surface area contributed by atoms with Gasteiger partial charge in [-0.1, -0.05) is 35.9 Å². The van der Waals surface area contributed by atoms with Gasteiger partial charge < -0.3 is 9.32 Å². The van der Waals surface area contributed by atoms with Crippen molar-refractivity contribution in [2.45, 2.75) is 32.4 Å². The molecule has 0 saturated heterocycles. The van der Waals surface area contributed by atoms with E-state index in [4.69, 9.17) is 4.42 Å². The first kappa shape index (κ1) is 16.6. The number of carbonyl (C=O) groups excluding carboxylic acids is 1. The van der Waals surface area contributed by atoms with E-state index in [1.54, 1.807) is 12.5 Å². The fraction of sp³-hybridized carbons (Fsp3) is 0.273. The van der Waals surface area contributed by atoms with Crippen molar-refractivity contribution in [3.63, 3.8) is 0 Å². The summed E-state index contributed by atoms with van der Waals surface area (Å²) in [5, 5.41) is 0. The van der Waals surface area contributed by atoms with Gasteiger partial charge in [0.05, 0.1) is 18.5 Å². The summed E-state index contributed by atoms with van der Waals surface area (Å²) >= 11 is 0. The minimum atomic E-state index is 0.00896. The highest BCUT2D eigenvalue weighted by Crippen LogP contribution is 2.48. The zero-order valence-corrected chi connectivity index (χ0v) is 14.8. The van der Waals surface area contributed by atoms with Crippen LogP contribution in [-0.4, -0.2) is 15.8 Å². The number of pyridine rings is 1. The second-order valence-electron chi connectivity index (χ2n) is 6.97. The van der Waals surface area contributed by atoms with E-state index in [-0.39, 0.29) is 17.7 Å². The van der Waals surface area contributed by atoms with Crippen LogP contribution in [0.3, 0.4) is 0 Å². The lowest BCUT2D eigenvalue weighted by Gasteiger charge is -2.23. The number of hydrogen-bond donors (Lipinski definition) is 0. The molecule has 2 heterocycles. The van der Waals surface area contributed by atoms with Crippen molar-refractivity contribution in [2.24, 2.45) is 5.92 Å². The maximum absolute atomic E-state index is 13.2. The molecule has 2 atom stereocenters. The van der Waals surface area contributed by atoms with E-state index in [9.17, 15) is 4.79 Å².